The molecule has 0 bridgehead atoms. The van der Waals surface area contributed by atoms with Crippen molar-refractivity contribution in [2.24, 2.45) is 0 Å². The highest BCUT2D eigenvalue weighted by atomic mass is 32.1. The Hall–Kier alpha value is -8.19. The molecule has 8 heteroatoms. The summed E-state index contributed by atoms with van der Waals surface area (Å²) in [7, 11) is 0. The smallest absolute Gasteiger partial charge is 0.227 e. The summed E-state index contributed by atoms with van der Waals surface area (Å²) < 4.78 is 6.18. The molecular weight excluding hydrogens is 695 g/mol. The van der Waals surface area contributed by atoms with Crippen molar-refractivity contribution in [3.63, 3.8) is 0 Å². The fraction of sp³-hybridized carbons (Fsp3) is 0. The van der Waals surface area contributed by atoms with Gasteiger partial charge in [0.1, 0.15) is 18.2 Å². The highest BCUT2D eigenvalue weighted by Gasteiger charge is 2.27. The molecule has 55 heavy (non-hydrogen) atoms. The number of fused-ring (bicyclic) bond motifs is 9. The second kappa shape index (κ2) is 11.9. The number of benzene rings is 7. The van der Waals surface area contributed by atoms with Crippen molar-refractivity contribution in [2.45, 2.75) is 0 Å². The number of nitriles is 4. The van der Waals surface area contributed by atoms with E-state index in [9.17, 15) is 21.0 Å². The van der Waals surface area contributed by atoms with Gasteiger partial charge in [-0.2, -0.15) is 21.0 Å². The molecule has 0 unspecified atom stereocenters. The van der Waals surface area contributed by atoms with Crippen LogP contribution >= 0.6 is 11.3 Å². The molecule has 0 aliphatic carbocycles. The molecule has 0 atom stereocenters. The van der Waals surface area contributed by atoms with Crippen LogP contribution in [-0.2, 0) is 0 Å². The van der Waals surface area contributed by atoms with Gasteiger partial charge in [-0.05, 0) is 60.2 Å². The molecule has 0 spiro atoms. The summed E-state index contributed by atoms with van der Waals surface area (Å²) in [5, 5.41) is 49.0. The highest BCUT2D eigenvalue weighted by molar-refractivity contribution is 7.25. The molecule has 0 saturated carbocycles. The minimum absolute atomic E-state index is 0.0710. The quantitative estimate of drug-likeness (QED) is 0.170. The molecule has 0 aliphatic heterocycles. The normalized spacial score (nSPS) is 11.2. The Morgan fingerprint density at radius 2 is 1.07 bits per heavy atom. The van der Waals surface area contributed by atoms with Crippen LogP contribution in [0.1, 0.15) is 22.3 Å². The van der Waals surface area contributed by atoms with E-state index < -0.39 is 0 Å². The fourth-order valence-electron chi connectivity index (χ4n) is 8.19. The van der Waals surface area contributed by atoms with Crippen molar-refractivity contribution in [2.75, 3.05) is 0 Å². The summed E-state index contributed by atoms with van der Waals surface area (Å²) in [6.07, 6.45) is 0. The molecule has 0 radical (unpaired) electrons. The summed E-state index contributed by atoms with van der Waals surface area (Å²) in [4.78, 5) is 3.86. The molecule has 7 nitrogen and oxygen atoms in total. The van der Waals surface area contributed by atoms with Crippen LogP contribution in [0.4, 0.5) is 5.69 Å². The third kappa shape index (κ3) is 4.37. The van der Waals surface area contributed by atoms with Crippen LogP contribution in [0.2, 0.25) is 0 Å². The molecule has 0 N–H and O–H groups in total. The van der Waals surface area contributed by atoms with Gasteiger partial charge in [-0.1, -0.05) is 72.8 Å². The van der Waals surface area contributed by atoms with Crippen LogP contribution < -0.4 is 0 Å². The van der Waals surface area contributed by atoms with Gasteiger partial charge in [0.25, 0.3) is 0 Å². The molecule has 10 aromatic rings. The average Bonchev–Trinajstić information content (AvgIpc) is 3.88. The second-order valence-electron chi connectivity index (χ2n) is 13.2. The van der Waals surface area contributed by atoms with Crippen molar-refractivity contribution in [3.05, 3.63) is 161 Å². The van der Waals surface area contributed by atoms with Gasteiger partial charge in [0.15, 0.2) is 0 Å². The van der Waals surface area contributed by atoms with E-state index in [0.29, 0.717) is 16.8 Å². The first-order chi connectivity index (χ1) is 27.1. The first kappa shape index (κ1) is 31.5. The van der Waals surface area contributed by atoms with E-state index in [1.54, 1.807) is 23.5 Å². The Balaban J connectivity index is 1.34. The maximum absolute atomic E-state index is 11.2. The zero-order chi connectivity index (χ0) is 37.4. The summed E-state index contributed by atoms with van der Waals surface area (Å²) >= 11 is 1.71. The van der Waals surface area contributed by atoms with Crippen LogP contribution in [-0.4, -0.2) is 9.13 Å². The number of hydrogen-bond acceptors (Lipinski definition) is 5. The van der Waals surface area contributed by atoms with Crippen molar-refractivity contribution in [3.8, 4) is 46.8 Å². The lowest BCUT2D eigenvalue weighted by atomic mass is 9.91. The Morgan fingerprint density at radius 1 is 0.491 bits per heavy atom. The van der Waals surface area contributed by atoms with Crippen LogP contribution in [0.5, 0.6) is 0 Å². The van der Waals surface area contributed by atoms with Crippen LogP contribution in [0.3, 0.4) is 0 Å². The van der Waals surface area contributed by atoms with Crippen molar-refractivity contribution in [1.29, 1.82) is 21.0 Å². The molecule has 3 aromatic heterocycles. The van der Waals surface area contributed by atoms with Crippen LogP contribution in [0.15, 0.2) is 127 Å². The summed E-state index contributed by atoms with van der Waals surface area (Å²) in [6, 6.07) is 50.3. The maximum Gasteiger partial charge on any atom is 0.227 e. The zero-order valence-corrected chi connectivity index (χ0v) is 29.5. The summed E-state index contributed by atoms with van der Waals surface area (Å²) in [6.45, 7) is 8.22. The van der Waals surface area contributed by atoms with Gasteiger partial charge < -0.3 is 9.13 Å². The van der Waals surface area contributed by atoms with Crippen molar-refractivity contribution < 1.29 is 0 Å². The number of hydrogen-bond donors (Lipinski definition) is 0. The third-order valence-electron chi connectivity index (χ3n) is 10.5. The number of para-hydroxylation sites is 3. The lowest BCUT2D eigenvalue weighted by Crippen LogP contribution is -2.06. The van der Waals surface area contributed by atoms with E-state index in [4.69, 9.17) is 6.57 Å². The number of thiophene rings is 1. The third-order valence-corrected chi connectivity index (χ3v) is 11.6. The molecule has 250 valence electrons. The maximum atomic E-state index is 11.2. The van der Waals surface area contributed by atoms with Crippen molar-refractivity contribution >= 4 is 80.8 Å². The molecule has 0 aliphatic rings. The average molecular weight is 716 g/mol. The van der Waals surface area contributed by atoms with Crippen LogP contribution in [0.25, 0.3) is 91.1 Å². The SMILES string of the molecule is [C-]#[N+]c1c(C#N)cc(-c2cc(C#N)c(C#N)c(-n3c4ccccc4c4cc5sc6ccccc6c5cc43)c2C#N)cc1-n1c2ccccc2c2ccccc21. The van der Waals surface area contributed by atoms with E-state index >= 15 is 0 Å². The predicted octanol–water partition coefficient (Wildman–Crippen LogP) is 12.0. The number of nitrogens with zero attached hydrogens (tertiary/aromatic N) is 7. The summed E-state index contributed by atoms with van der Waals surface area (Å²) in [5.74, 6) is 0. The van der Waals surface area contributed by atoms with Gasteiger partial charge in [0.05, 0.1) is 68.3 Å². The van der Waals surface area contributed by atoms with E-state index in [1.165, 1.54) is 0 Å². The van der Waals surface area contributed by atoms with Crippen LogP contribution in [0, 0.1) is 51.9 Å². The number of aromatic nitrogens is 2. The molecular formula is C47H21N7S. The van der Waals surface area contributed by atoms with E-state index in [2.05, 4.69) is 53.4 Å². The van der Waals surface area contributed by atoms with Gasteiger partial charge >= 0.3 is 0 Å². The monoisotopic (exact) mass is 715 g/mol. The fourth-order valence-corrected chi connectivity index (χ4v) is 9.32. The number of rotatable bonds is 3. The first-order valence-corrected chi connectivity index (χ1v) is 18.1. The second-order valence-corrected chi connectivity index (χ2v) is 14.3. The molecule has 3 heterocycles. The van der Waals surface area contributed by atoms with E-state index in [1.807, 2.05) is 100 Å². The van der Waals surface area contributed by atoms with Crippen molar-refractivity contribution in [1.82, 2.24) is 9.13 Å². The molecule has 0 amide bonds. The van der Waals surface area contributed by atoms with Gasteiger partial charge in [-0.3, -0.25) is 0 Å². The van der Waals surface area contributed by atoms with Gasteiger partial charge in [0.2, 0.25) is 5.69 Å². The highest BCUT2D eigenvalue weighted by Crippen LogP contribution is 2.45. The zero-order valence-electron chi connectivity index (χ0n) is 28.7. The molecule has 10 rings (SSSR count). The Labute approximate surface area is 317 Å². The first-order valence-electron chi connectivity index (χ1n) is 17.3. The molecule has 0 fully saturated rings. The van der Waals surface area contributed by atoms with Gasteiger partial charge in [0, 0.05) is 47.3 Å². The molecule has 7 aromatic carbocycles. The minimum Gasteiger partial charge on any atom is -0.319 e. The Bertz CT molecular complexity index is 3510. The van der Waals surface area contributed by atoms with Gasteiger partial charge in [-0.25, -0.2) is 4.85 Å². The largest absolute Gasteiger partial charge is 0.319 e. The predicted molar refractivity (Wildman–Crippen MR) is 219 cm³/mol. The van der Waals surface area contributed by atoms with Gasteiger partial charge in [-0.15, -0.1) is 11.3 Å². The van der Waals surface area contributed by atoms with E-state index in [-0.39, 0.29) is 33.6 Å². The van der Waals surface area contributed by atoms with E-state index in [0.717, 1.165) is 63.8 Å². The molecule has 0 saturated heterocycles. The topological polar surface area (TPSA) is 109 Å². The summed E-state index contributed by atoms with van der Waals surface area (Å²) in [5.41, 5.74) is 5.49. The standard InChI is InChI=1S/C47H21N7S/c1-52-46-29(24-49)18-27(20-43(46)53-39-14-6-2-10-30(39)31-11-3-7-15-40(31)53)34-19-28(23-48)37(25-50)47(38(34)26-51)54-41-16-8-4-12-32(41)35-22-45-36(21-42(35)54)33-13-5-9-17-44(33)55-45/h2-22H. The lowest BCUT2D eigenvalue weighted by molar-refractivity contribution is 1.15. The Morgan fingerprint density at radius 3 is 1.69 bits per heavy atom. The minimum atomic E-state index is 0.0710. The Kier molecular flexibility index (Phi) is 6.84. The lowest BCUT2D eigenvalue weighted by Gasteiger charge is -2.18.